The number of nitrogens with zero attached hydrogens (tertiary/aromatic N) is 1. The lowest BCUT2D eigenvalue weighted by Crippen LogP contribution is -2.34. The summed E-state index contributed by atoms with van der Waals surface area (Å²) < 4.78 is 0. The fourth-order valence-corrected chi connectivity index (χ4v) is 3.91. The minimum absolute atomic E-state index is 0.0248. The Hall–Kier alpha value is -1.10. The van der Waals surface area contributed by atoms with E-state index in [-0.39, 0.29) is 5.91 Å². The molecule has 5 heteroatoms. The molecule has 1 amide bonds. The van der Waals surface area contributed by atoms with Crippen LogP contribution in [0.5, 0.6) is 0 Å². The summed E-state index contributed by atoms with van der Waals surface area (Å²) in [5, 5.41) is 7.00. The summed E-state index contributed by atoms with van der Waals surface area (Å²) in [6.07, 6.45) is 0. The molecule has 114 valence electrons. The molecule has 0 saturated carbocycles. The number of hydrogen-bond donors (Lipinski definition) is 2. The van der Waals surface area contributed by atoms with Crippen molar-refractivity contribution < 1.29 is 4.79 Å². The summed E-state index contributed by atoms with van der Waals surface area (Å²) in [5.41, 5.74) is 2.86. The summed E-state index contributed by atoms with van der Waals surface area (Å²) >= 11 is 6.24. The lowest BCUT2D eigenvalue weighted by Gasteiger charge is -2.17. The zero-order chi connectivity index (χ0) is 15.0. The molecule has 4 nitrogen and oxygen atoms in total. The van der Waals surface area contributed by atoms with Crippen molar-refractivity contribution in [3.8, 4) is 0 Å². The highest BCUT2D eigenvalue weighted by atomic mass is 35.5. The standard InChI is InChI=1S/C16H22ClN3O/c1-10-3-11(2)16(14(17)4-10)19-15(21)9-20-7-12-5-18-6-13(12)8-20/h3-4,12-13,18H,5-9H2,1-2H3,(H,19,21). The highest BCUT2D eigenvalue weighted by Crippen LogP contribution is 2.28. The smallest absolute Gasteiger partial charge is 0.238 e. The van der Waals surface area contributed by atoms with E-state index in [0.717, 1.165) is 43.0 Å². The van der Waals surface area contributed by atoms with Crippen molar-refractivity contribution in [3.05, 3.63) is 28.3 Å². The van der Waals surface area contributed by atoms with E-state index in [1.54, 1.807) is 0 Å². The largest absolute Gasteiger partial charge is 0.323 e. The maximum atomic E-state index is 12.3. The van der Waals surface area contributed by atoms with Gasteiger partial charge in [-0.2, -0.15) is 0 Å². The van der Waals surface area contributed by atoms with Crippen LogP contribution in [0.1, 0.15) is 11.1 Å². The number of benzene rings is 1. The van der Waals surface area contributed by atoms with Gasteiger partial charge in [-0.25, -0.2) is 0 Å². The van der Waals surface area contributed by atoms with Crippen molar-refractivity contribution in [1.82, 2.24) is 10.2 Å². The number of hydrogen-bond acceptors (Lipinski definition) is 3. The highest BCUT2D eigenvalue weighted by Gasteiger charge is 2.36. The van der Waals surface area contributed by atoms with Gasteiger partial charge in [0, 0.05) is 13.1 Å². The number of fused-ring (bicyclic) bond motifs is 1. The van der Waals surface area contributed by atoms with Gasteiger partial charge in [0.2, 0.25) is 5.91 Å². The van der Waals surface area contributed by atoms with Gasteiger partial charge in [-0.15, -0.1) is 0 Å². The SMILES string of the molecule is Cc1cc(C)c(NC(=O)CN2CC3CNCC3C2)c(Cl)c1. The predicted molar refractivity (Wildman–Crippen MR) is 85.8 cm³/mol. The van der Waals surface area contributed by atoms with Gasteiger partial charge >= 0.3 is 0 Å². The van der Waals surface area contributed by atoms with E-state index in [0.29, 0.717) is 23.4 Å². The quantitative estimate of drug-likeness (QED) is 0.898. The number of likely N-dealkylation sites (tertiary alicyclic amines) is 1. The van der Waals surface area contributed by atoms with Gasteiger partial charge in [0.15, 0.2) is 0 Å². The summed E-state index contributed by atoms with van der Waals surface area (Å²) in [4.78, 5) is 14.5. The number of amides is 1. The third-order valence-corrected chi connectivity index (χ3v) is 4.83. The van der Waals surface area contributed by atoms with Gasteiger partial charge in [-0.3, -0.25) is 9.69 Å². The average Bonchev–Trinajstić information content (AvgIpc) is 2.94. The van der Waals surface area contributed by atoms with Crippen molar-refractivity contribution in [1.29, 1.82) is 0 Å². The lowest BCUT2D eigenvalue weighted by atomic mass is 10.0. The Morgan fingerprint density at radius 2 is 2.00 bits per heavy atom. The van der Waals surface area contributed by atoms with Crippen LogP contribution in [0.4, 0.5) is 5.69 Å². The molecule has 0 radical (unpaired) electrons. The van der Waals surface area contributed by atoms with Gasteiger partial charge in [-0.05, 0) is 56.0 Å². The zero-order valence-electron chi connectivity index (χ0n) is 12.6. The second-order valence-electron chi connectivity index (χ2n) is 6.36. The molecule has 0 bridgehead atoms. The first-order valence-corrected chi connectivity index (χ1v) is 7.90. The topological polar surface area (TPSA) is 44.4 Å². The Bertz CT molecular complexity index is 525. The average molecular weight is 308 g/mol. The molecule has 1 aromatic rings. The highest BCUT2D eigenvalue weighted by molar-refractivity contribution is 6.34. The van der Waals surface area contributed by atoms with E-state index in [9.17, 15) is 4.79 Å². The van der Waals surface area contributed by atoms with Crippen molar-refractivity contribution in [3.63, 3.8) is 0 Å². The molecule has 2 atom stereocenters. The minimum atomic E-state index is 0.0248. The lowest BCUT2D eigenvalue weighted by molar-refractivity contribution is -0.117. The third kappa shape index (κ3) is 3.23. The number of nitrogens with one attached hydrogen (secondary N) is 2. The van der Waals surface area contributed by atoms with Crippen LogP contribution in [0, 0.1) is 25.7 Å². The van der Waals surface area contributed by atoms with Crippen LogP contribution < -0.4 is 10.6 Å². The van der Waals surface area contributed by atoms with E-state index in [2.05, 4.69) is 15.5 Å². The van der Waals surface area contributed by atoms with Crippen LogP contribution in [0.15, 0.2) is 12.1 Å². The van der Waals surface area contributed by atoms with E-state index >= 15 is 0 Å². The minimum Gasteiger partial charge on any atom is -0.323 e. The second-order valence-corrected chi connectivity index (χ2v) is 6.77. The molecule has 2 N–H and O–H groups in total. The molecule has 0 aromatic heterocycles. The van der Waals surface area contributed by atoms with Crippen molar-refractivity contribution in [2.75, 3.05) is 38.0 Å². The predicted octanol–water partition coefficient (Wildman–Crippen LogP) is 2.05. The van der Waals surface area contributed by atoms with Gasteiger partial charge < -0.3 is 10.6 Å². The molecule has 0 aliphatic carbocycles. The molecule has 2 saturated heterocycles. The number of anilines is 1. The monoisotopic (exact) mass is 307 g/mol. The molecule has 2 fully saturated rings. The van der Waals surface area contributed by atoms with E-state index in [1.165, 1.54) is 0 Å². The van der Waals surface area contributed by atoms with Crippen molar-refractivity contribution in [2.45, 2.75) is 13.8 Å². The Morgan fingerprint density at radius 1 is 1.33 bits per heavy atom. The second kappa shape index (κ2) is 5.95. The summed E-state index contributed by atoms with van der Waals surface area (Å²) in [5.74, 6) is 1.45. The summed E-state index contributed by atoms with van der Waals surface area (Å²) in [6, 6.07) is 3.92. The zero-order valence-corrected chi connectivity index (χ0v) is 13.3. The normalized spacial score (nSPS) is 25.1. The maximum absolute atomic E-state index is 12.3. The Morgan fingerprint density at radius 3 is 2.62 bits per heavy atom. The molecule has 2 heterocycles. The Kier molecular flexibility index (Phi) is 4.20. The molecule has 2 aliphatic heterocycles. The number of aryl methyl sites for hydroxylation is 2. The maximum Gasteiger partial charge on any atom is 0.238 e. The van der Waals surface area contributed by atoms with Crippen molar-refractivity contribution >= 4 is 23.2 Å². The van der Waals surface area contributed by atoms with Gasteiger partial charge in [0.1, 0.15) is 0 Å². The molecule has 2 unspecified atom stereocenters. The molecule has 3 rings (SSSR count). The van der Waals surface area contributed by atoms with Crippen LogP contribution in [0.2, 0.25) is 5.02 Å². The van der Waals surface area contributed by atoms with Gasteiger partial charge in [0.25, 0.3) is 0 Å². The number of carbonyl (C=O) groups excluding carboxylic acids is 1. The van der Waals surface area contributed by atoms with E-state index in [4.69, 9.17) is 11.6 Å². The van der Waals surface area contributed by atoms with Gasteiger partial charge in [-0.1, -0.05) is 17.7 Å². The van der Waals surface area contributed by atoms with E-state index < -0.39 is 0 Å². The first-order valence-electron chi connectivity index (χ1n) is 7.52. The fourth-order valence-electron chi connectivity index (χ4n) is 3.54. The molecule has 1 aromatic carbocycles. The number of carbonyl (C=O) groups is 1. The third-order valence-electron chi connectivity index (χ3n) is 4.53. The van der Waals surface area contributed by atoms with Crippen LogP contribution in [0.25, 0.3) is 0 Å². The van der Waals surface area contributed by atoms with Crippen LogP contribution in [-0.4, -0.2) is 43.5 Å². The Balaban J connectivity index is 1.60. The Labute approximate surface area is 130 Å². The molecule has 2 aliphatic rings. The number of rotatable bonds is 3. The number of halogens is 1. The first kappa shape index (κ1) is 14.8. The molecular formula is C16H22ClN3O. The summed E-state index contributed by atoms with van der Waals surface area (Å²) in [7, 11) is 0. The van der Waals surface area contributed by atoms with E-state index in [1.807, 2.05) is 26.0 Å². The van der Waals surface area contributed by atoms with Crippen LogP contribution in [-0.2, 0) is 4.79 Å². The molecule has 21 heavy (non-hydrogen) atoms. The first-order chi connectivity index (χ1) is 10.0. The van der Waals surface area contributed by atoms with Crippen LogP contribution >= 0.6 is 11.6 Å². The van der Waals surface area contributed by atoms with Gasteiger partial charge in [0.05, 0.1) is 17.3 Å². The van der Waals surface area contributed by atoms with Crippen LogP contribution in [0.3, 0.4) is 0 Å². The molecule has 0 spiro atoms. The van der Waals surface area contributed by atoms with Crippen molar-refractivity contribution in [2.24, 2.45) is 11.8 Å². The fraction of sp³-hybridized carbons (Fsp3) is 0.562. The molecular weight excluding hydrogens is 286 g/mol. The summed E-state index contributed by atoms with van der Waals surface area (Å²) in [6.45, 7) is 8.65.